The molecule has 1 saturated carbocycles. The largest absolute Gasteiger partial charge is 0.504 e. The molecule has 5 atom stereocenters. The van der Waals surface area contributed by atoms with Crippen molar-refractivity contribution in [1.82, 2.24) is 0 Å². The normalized spacial score (nSPS) is 24.9. The van der Waals surface area contributed by atoms with E-state index in [2.05, 4.69) is 18.8 Å². The Morgan fingerprint density at radius 2 is 1.87 bits per heavy atom. The van der Waals surface area contributed by atoms with Gasteiger partial charge in [-0.25, -0.2) is 0 Å². The molecule has 0 radical (unpaired) electrons. The number of aliphatic hydroxyl groups is 1. The summed E-state index contributed by atoms with van der Waals surface area (Å²) in [5, 5.41) is 20.7. The molecule has 2 aliphatic carbocycles. The molecule has 0 heterocycles. The highest BCUT2D eigenvalue weighted by Crippen LogP contribution is 2.40. The molecule has 0 aromatic heterocycles. The van der Waals surface area contributed by atoms with Crippen molar-refractivity contribution >= 4 is 11.6 Å². The number of carbonyl (C=O) groups excluding carboxylic acids is 2. The van der Waals surface area contributed by atoms with Gasteiger partial charge in [-0.3, -0.25) is 9.59 Å². The number of aryl methyl sites for hydroxylation is 1. The van der Waals surface area contributed by atoms with E-state index >= 15 is 0 Å². The lowest BCUT2D eigenvalue weighted by atomic mass is 9.76. The Hall–Kier alpha value is -3.10. The van der Waals surface area contributed by atoms with Crippen LogP contribution in [0.2, 0.25) is 0 Å². The minimum Gasteiger partial charge on any atom is -0.504 e. The number of hydrogen-bond acceptors (Lipinski definition) is 5. The lowest BCUT2D eigenvalue weighted by Gasteiger charge is -2.28. The first kappa shape index (κ1) is 27.9. The van der Waals surface area contributed by atoms with E-state index in [1.54, 1.807) is 12.1 Å². The zero-order valence-corrected chi connectivity index (χ0v) is 22.6. The van der Waals surface area contributed by atoms with Crippen molar-refractivity contribution < 1.29 is 24.5 Å². The fourth-order valence-electron chi connectivity index (χ4n) is 6.35. The summed E-state index contributed by atoms with van der Waals surface area (Å²) in [5.41, 5.74) is 2.77. The Labute approximate surface area is 226 Å². The molecule has 38 heavy (non-hydrogen) atoms. The van der Waals surface area contributed by atoms with Crippen LogP contribution in [-0.4, -0.2) is 35.5 Å². The molecule has 202 valence electrons. The van der Waals surface area contributed by atoms with Gasteiger partial charge in [0, 0.05) is 24.9 Å². The summed E-state index contributed by atoms with van der Waals surface area (Å²) in [6, 6.07) is 13.5. The van der Waals surface area contributed by atoms with Crippen LogP contribution in [0, 0.1) is 35.5 Å². The highest BCUT2D eigenvalue weighted by Gasteiger charge is 2.36. The van der Waals surface area contributed by atoms with E-state index in [4.69, 9.17) is 4.74 Å². The maximum Gasteiger partial charge on any atom is 0.160 e. The van der Waals surface area contributed by atoms with Crippen LogP contribution >= 0.6 is 0 Å². The van der Waals surface area contributed by atoms with Gasteiger partial charge >= 0.3 is 0 Å². The summed E-state index contributed by atoms with van der Waals surface area (Å²) in [6.45, 7) is 2.26. The van der Waals surface area contributed by atoms with Crippen molar-refractivity contribution in [2.24, 2.45) is 23.7 Å². The number of ether oxygens (including phenoxy) is 1. The number of rotatable bonds is 6. The smallest absolute Gasteiger partial charge is 0.160 e. The number of fused-ring (bicyclic) bond motifs is 2. The van der Waals surface area contributed by atoms with Crippen LogP contribution in [0.15, 0.2) is 42.5 Å². The molecule has 0 spiro atoms. The van der Waals surface area contributed by atoms with Gasteiger partial charge in [-0.2, -0.15) is 0 Å². The number of phenols is 1. The maximum absolute atomic E-state index is 13.6. The quantitative estimate of drug-likeness (QED) is 0.372. The molecular weight excluding hydrogens is 476 g/mol. The number of phenolic OH excluding ortho intramolecular Hbond substituents is 1. The number of Topliss-reactive ketones (excluding diaryl/α,β-unsaturated/α-hetero) is 2. The van der Waals surface area contributed by atoms with Crippen LogP contribution < -0.4 is 4.74 Å². The predicted octanol–water partition coefficient (Wildman–Crippen LogP) is 5.84. The zero-order chi connectivity index (χ0) is 27.1. The van der Waals surface area contributed by atoms with Crippen LogP contribution in [0.4, 0.5) is 0 Å². The van der Waals surface area contributed by atoms with Crippen LogP contribution in [0.1, 0.15) is 80.9 Å². The fourth-order valence-corrected chi connectivity index (χ4v) is 6.35. The van der Waals surface area contributed by atoms with E-state index in [1.165, 1.54) is 7.11 Å². The molecule has 0 unspecified atom stereocenters. The van der Waals surface area contributed by atoms with Crippen molar-refractivity contribution in [2.45, 2.75) is 70.6 Å². The standard InChI is InChI=1S/C33H40O5/c1-3-8-26(21-34)24-12-7-11-23-14-16-28(22-9-5-4-6-10-22)29-20-32(37)33(38-2)18-25(29)13-15-27(35)19-31(36)30(23)17-24/h4-6,9-10,18,20,23-24,26,28,30,34,37H,3,7-8,11-13,15,17,19,21H2,1-2H3/t23-,24-,26-,28+,30-/m1/s1. The maximum atomic E-state index is 13.6. The Balaban J connectivity index is 1.81. The fraction of sp³-hybridized carbons (Fsp3) is 0.515. The molecule has 2 N–H and O–H groups in total. The number of ketones is 2. The van der Waals surface area contributed by atoms with Gasteiger partial charge in [0.15, 0.2) is 11.5 Å². The van der Waals surface area contributed by atoms with Crippen molar-refractivity contribution in [2.75, 3.05) is 13.7 Å². The molecule has 5 nitrogen and oxygen atoms in total. The minimum atomic E-state index is -0.308. The summed E-state index contributed by atoms with van der Waals surface area (Å²) >= 11 is 0. The third kappa shape index (κ3) is 6.48. The molecule has 4 rings (SSSR count). The van der Waals surface area contributed by atoms with Gasteiger partial charge in [-0.15, -0.1) is 0 Å². The second-order valence-corrected chi connectivity index (χ2v) is 10.9. The first-order valence-corrected chi connectivity index (χ1v) is 14.1. The van der Waals surface area contributed by atoms with Crippen molar-refractivity contribution in [3.8, 4) is 23.3 Å². The topological polar surface area (TPSA) is 83.8 Å². The molecule has 5 heteroatoms. The number of benzene rings is 2. The monoisotopic (exact) mass is 516 g/mol. The SMILES string of the molecule is CCC[C@H](CO)[C@@H]1CCC[C@@H]2C#C[C@@H](c3ccccc3)c3cc(O)c(OC)cc3CCC(=O)CC(=O)[C@@H]2C1. The highest BCUT2D eigenvalue weighted by atomic mass is 16.5. The molecule has 0 saturated heterocycles. The summed E-state index contributed by atoms with van der Waals surface area (Å²) in [5.74, 6) is 7.07. The van der Waals surface area contributed by atoms with Crippen LogP contribution in [0.3, 0.4) is 0 Å². The van der Waals surface area contributed by atoms with Crippen molar-refractivity contribution in [1.29, 1.82) is 0 Å². The summed E-state index contributed by atoms with van der Waals surface area (Å²) in [6.07, 6.45) is 5.98. The Morgan fingerprint density at radius 3 is 2.58 bits per heavy atom. The molecule has 0 bridgehead atoms. The molecule has 2 aromatic rings. The average Bonchev–Trinajstić information content (AvgIpc) is 3.14. The van der Waals surface area contributed by atoms with Crippen molar-refractivity contribution in [3.63, 3.8) is 0 Å². The lowest BCUT2D eigenvalue weighted by Crippen LogP contribution is -2.29. The molecule has 1 fully saturated rings. The summed E-state index contributed by atoms with van der Waals surface area (Å²) in [4.78, 5) is 26.6. The van der Waals surface area contributed by atoms with Gasteiger partial charge < -0.3 is 14.9 Å². The Morgan fingerprint density at radius 1 is 1.08 bits per heavy atom. The van der Waals surface area contributed by atoms with Gasteiger partial charge in [-0.05, 0) is 66.3 Å². The second kappa shape index (κ2) is 13.1. The predicted molar refractivity (Wildman–Crippen MR) is 148 cm³/mol. The zero-order valence-electron chi connectivity index (χ0n) is 22.6. The first-order chi connectivity index (χ1) is 18.4. The molecular formula is C33H40O5. The van der Waals surface area contributed by atoms with Gasteiger partial charge in [0.1, 0.15) is 11.6 Å². The van der Waals surface area contributed by atoms with Gasteiger partial charge in [-0.1, -0.05) is 68.4 Å². The number of aliphatic hydroxyl groups excluding tert-OH is 1. The lowest BCUT2D eigenvalue weighted by molar-refractivity contribution is -0.130. The van der Waals surface area contributed by atoms with E-state index in [-0.39, 0.29) is 66.4 Å². The molecule has 0 amide bonds. The number of carbonyl (C=O) groups is 2. The van der Waals surface area contributed by atoms with Gasteiger partial charge in [0.2, 0.25) is 0 Å². The van der Waals surface area contributed by atoms with Crippen LogP contribution in [0.5, 0.6) is 11.5 Å². The number of hydrogen-bond donors (Lipinski definition) is 2. The van der Waals surface area contributed by atoms with E-state index in [9.17, 15) is 19.8 Å². The third-order valence-electron chi connectivity index (χ3n) is 8.45. The van der Waals surface area contributed by atoms with E-state index < -0.39 is 0 Å². The number of methoxy groups -OCH3 is 1. The second-order valence-electron chi connectivity index (χ2n) is 10.9. The van der Waals surface area contributed by atoms with Gasteiger partial charge in [0.05, 0.1) is 19.4 Å². The first-order valence-electron chi connectivity index (χ1n) is 14.1. The summed E-state index contributed by atoms with van der Waals surface area (Å²) in [7, 11) is 1.51. The van der Waals surface area contributed by atoms with Crippen molar-refractivity contribution in [3.05, 3.63) is 59.2 Å². The Bertz CT molecular complexity index is 1180. The van der Waals surface area contributed by atoms with Crippen LogP contribution in [-0.2, 0) is 16.0 Å². The van der Waals surface area contributed by atoms with Crippen LogP contribution in [0.25, 0.3) is 0 Å². The number of aromatic hydroxyl groups is 1. The molecule has 0 aliphatic heterocycles. The van der Waals surface area contributed by atoms with E-state index in [0.717, 1.165) is 48.8 Å². The molecule has 2 aliphatic rings. The summed E-state index contributed by atoms with van der Waals surface area (Å²) < 4.78 is 5.37. The van der Waals surface area contributed by atoms with E-state index in [0.29, 0.717) is 18.6 Å². The Kier molecular flexibility index (Phi) is 9.63. The molecule has 2 aromatic carbocycles. The van der Waals surface area contributed by atoms with Gasteiger partial charge in [0.25, 0.3) is 0 Å². The third-order valence-corrected chi connectivity index (χ3v) is 8.45. The highest BCUT2D eigenvalue weighted by molar-refractivity contribution is 6.00. The van der Waals surface area contributed by atoms with E-state index in [1.807, 2.05) is 30.3 Å². The average molecular weight is 517 g/mol. The minimum absolute atomic E-state index is 0.00488.